The number of amides is 1. The summed E-state index contributed by atoms with van der Waals surface area (Å²) in [5.74, 6) is 1.47. The van der Waals surface area contributed by atoms with Crippen LogP contribution < -0.4 is 4.74 Å². The zero-order valence-electron chi connectivity index (χ0n) is 16.2. The molecule has 0 saturated carbocycles. The predicted molar refractivity (Wildman–Crippen MR) is 116 cm³/mol. The highest BCUT2D eigenvalue weighted by atomic mass is 32.2. The molecule has 0 unspecified atom stereocenters. The summed E-state index contributed by atoms with van der Waals surface area (Å²) < 4.78 is 11.3. The van der Waals surface area contributed by atoms with E-state index >= 15 is 0 Å². The molecule has 3 aromatic rings. The van der Waals surface area contributed by atoms with Crippen molar-refractivity contribution in [3.63, 3.8) is 0 Å². The van der Waals surface area contributed by atoms with Gasteiger partial charge in [-0.3, -0.25) is 4.79 Å². The van der Waals surface area contributed by atoms with E-state index in [9.17, 15) is 4.79 Å². The fourth-order valence-electron chi connectivity index (χ4n) is 2.67. The largest absolute Gasteiger partial charge is 0.488 e. The van der Waals surface area contributed by atoms with Crippen LogP contribution in [0.1, 0.15) is 18.4 Å². The number of aliphatic imine (C=N–C) groups is 2. The first-order valence-electron chi connectivity index (χ1n) is 9.19. The van der Waals surface area contributed by atoms with Crippen LogP contribution in [0.5, 0.6) is 5.75 Å². The zero-order chi connectivity index (χ0) is 20.9. The first-order chi connectivity index (χ1) is 14.6. The standard InChI is InChI=1S/C22H18N4O3S/c1-14-15(2)23-22(25-21(14)27)30-13-19-24-20(26-29-19)17-10-6-7-11-18(17)28-12-16-8-4-3-5-9-16/h3-11H,1,12-13H2,2H3. The minimum absolute atomic E-state index is 0.312. The van der Waals surface area contributed by atoms with Crippen LogP contribution in [0.3, 0.4) is 0 Å². The Morgan fingerprint density at radius 3 is 2.63 bits per heavy atom. The summed E-state index contributed by atoms with van der Waals surface area (Å²) >= 11 is 1.25. The van der Waals surface area contributed by atoms with Crippen molar-refractivity contribution in [2.45, 2.75) is 19.3 Å². The molecule has 0 bridgehead atoms. The van der Waals surface area contributed by atoms with Crippen LogP contribution in [-0.4, -0.2) is 26.9 Å². The number of aromatic nitrogens is 2. The van der Waals surface area contributed by atoms with Gasteiger partial charge in [0.2, 0.25) is 11.7 Å². The zero-order valence-corrected chi connectivity index (χ0v) is 17.1. The Hall–Kier alpha value is -3.52. The first kappa shape index (κ1) is 19.8. The number of rotatable bonds is 6. The Morgan fingerprint density at radius 1 is 1.07 bits per heavy atom. The number of benzene rings is 2. The second kappa shape index (κ2) is 8.87. The van der Waals surface area contributed by atoms with Crippen molar-refractivity contribution in [1.82, 2.24) is 10.1 Å². The minimum atomic E-state index is -0.374. The van der Waals surface area contributed by atoms with E-state index in [1.54, 1.807) is 6.92 Å². The summed E-state index contributed by atoms with van der Waals surface area (Å²) in [5, 5.41) is 4.43. The van der Waals surface area contributed by atoms with Gasteiger partial charge < -0.3 is 9.26 Å². The highest BCUT2D eigenvalue weighted by molar-refractivity contribution is 8.13. The molecule has 0 atom stereocenters. The Kier molecular flexibility index (Phi) is 5.85. The number of thioether (sulfide) groups is 1. The van der Waals surface area contributed by atoms with Crippen LogP contribution in [0.25, 0.3) is 11.4 Å². The molecule has 1 aromatic heterocycles. The van der Waals surface area contributed by atoms with E-state index in [-0.39, 0.29) is 5.91 Å². The van der Waals surface area contributed by atoms with Gasteiger partial charge in [0.1, 0.15) is 12.4 Å². The Bertz CT molecular complexity index is 1150. The normalized spacial score (nSPS) is 13.8. The third-order valence-corrected chi connectivity index (χ3v) is 5.15. The van der Waals surface area contributed by atoms with E-state index in [2.05, 4.69) is 26.7 Å². The number of nitrogens with zero attached hydrogens (tertiary/aromatic N) is 4. The summed E-state index contributed by atoms with van der Waals surface area (Å²) in [7, 11) is 0. The van der Waals surface area contributed by atoms with Crippen molar-refractivity contribution >= 4 is 28.5 Å². The quantitative estimate of drug-likeness (QED) is 0.549. The molecule has 0 spiro atoms. The van der Waals surface area contributed by atoms with E-state index in [4.69, 9.17) is 9.26 Å². The Morgan fingerprint density at radius 2 is 1.83 bits per heavy atom. The van der Waals surface area contributed by atoms with Crippen molar-refractivity contribution in [2.24, 2.45) is 9.98 Å². The van der Waals surface area contributed by atoms with Crippen LogP contribution >= 0.6 is 11.8 Å². The topological polar surface area (TPSA) is 89.9 Å². The Balaban J connectivity index is 1.45. The van der Waals surface area contributed by atoms with Gasteiger partial charge in [-0.1, -0.05) is 66.0 Å². The maximum Gasteiger partial charge on any atom is 0.280 e. The molecule has 8 heteroatoms. The van der Waals surface area contributed by atoms with Gasteiger partial charge >= 0.3 is 0 Å². The monoisotopic (exact) mass is 418 g/mol. The lowest BCUT2D eigenvalue weighted by atomic mass is 10.2. The van der Waals surface area contributed by atoms with E-state index in [0.717, 1.165) is 11.1 Å². The van der Waals surface area contributed by atoms with Gasteiger partial charge in [-0.05, 0) is 24.6 Å². The van der Waals surface area contributed by atoms with Gasteiger partial charge in [-0.15, -0.1) is 0 Å². The van der Waals surface area contributed by atoms with Crippen LogP contribution in [-0.2, 0) is 17.2 Å². The van der Waals surface area contributed by atoms with E-state index < -0.39 is 0 Å². The average Bonchev–Trinajstić information content (AvgIpc) is 3.24. The first-order valence-corrected chi connectivity index (χ1v) is 10.2. The summed E-state index contributed by atoms with van der Waals surface area (Å²) in [5.41, 5.74) is 2.68. The van der Waals surface area contributed by atoms with Gasteiger partial charge in [0.05, 0.1) is 22.6 Å². The van der Waals surface area contributed by atoms with E-state index in [0.29, 0.717) is 46.3 Å². The lowest BCUT2D eigenvalue weighted by Gasteiger charge is -2.09. The highest BCUT2D eigenvalue weighted by Crippen LogP contribution is 2.29. The fraction of sp³-hybridized carbons (Fsp3) is 0.136. The lowest BCUT2D eigenvalue weighted by Crippen LogP contribution is -2.15. The van der Waals surface area contributed by atoms with Crippen LogP contribution in [0.2, 0.25) is 0 Å². The number of hydrogen-bond acceptors (Lipinski definition) is 7. The van der Waals surface area contributed by atoms with Gasteiger partial charge in [0.15, 0.2) is 5.17 Å². The molecule has 1 aliphatic rings. The maximum atomic E-state index is 11.8. The van der Waals surface area contributed by atoms with Crippen LogP contribution in [0.4, 0.5) is 0 Å². The predicted octanol–water partition coefficient (Wildman–Crippen LogP) is 4.46. The van der Waals surface area contributed by atoms with Crippen LogP contribution in [0, 0.1) is 0 Å². The number of ether oxygens (including phenoxy) is 1. The molecule has 30 heavy (non-hydrogen) atoms. The van der Waals surface area contributed by atoms with Gasteiger partial charge in [0, 0.05) is 0 Å². The number of carbonyl (C=O) groups excluding carboxylic acids is 1. The van der Waals surface area contributed by atoms with Crippen molar-refractivity contribution in [3.8, 4) is 17.1 Å². The number of para-hydroxylation sites is 1. The van der Waals surface area contributed by atoms with Crippen molar-refractivity contribution in [3.05, 3.63) is 78.2 Å². The molecule has 2 heterocycles. The molecule has 150 valence electrons. The molecule has 4 rings (SSSR count). The Labute approximate surface area is 177 Å². The minimum Gasteiger partial charge on any atom is -0.488 e. The summed E-state index contributed by atoms with van der Waals surface area (Å²) in [6.07, 6.45) is 0. The smallest absolute Gasteiger partial charge is 0.280 e. The third-order valence-electron chi connectivity index (χ3n) is 4.31. The summed E-state index contributed by atoms with van der Waals surface area (Å²) in [6.45, 7) is 5.83. The molecule has 7 nitrogen and oxygen atoms in total. The molecular formula is C22H18N4O3S. The summed E-state index contributed by atoms with van der Waals surface area (Å²) in [6, 6.07) is 17.5. The maximum absolute atomic E-state index is 11.8. The number of hydrogen-bond donors (Lipinski definition) is 0. The highest BCUT2D eigenvalue weighted by Gasteiger charge is 2.19. The second-order valence-electron chi connectivity index (χ2n) is 6.45. The molecule has 0 radical (unpaired) electrons. The number of amidine groups is 1. The second-order valence-corrected chi connectivity index (χ2v) is 7.39. The molecule has 0 N–H and O–H groups in total. The van der Waals surface area contributed by atoms with Crippen molar-refractivity contribution in [1.29, 1.82) is 0 Å². The molecule has 1 aliphatic heterocycles. The van der Waals surface area contributed by atoms with Gasteiger partial charge in [-0.25, -0.2) is 4.99 Å². The van der Waals surface area contributed by atoms with E-state index in [1.165, 1.54) is 11.8 Å². The summed E-state index contributed by atoms with van der Waals surface area (Å²) in [4.78, 5) is 24.4. The van der Waals surface area contributed by atoms with Gasteiger partial charge in [-0.2, -0.15) is 9.98 Å². The van der Waals surface area contributed by atoms with Gasteiger partial charge in [0.25, 0.3) is 5.91 Å². The fourth-order valence-corrected chi connectivity index (χ4v) is 3.39. The van der Waals surface area contributed by atoms with E-state index in [1.807, 2.05) is 54.6 Å². The molecule has 0 aliphatic carbocycles. The number of carbonyl (C=O) groups is 1. The molecule has 0 saturated heterocycles. The van der Waals surface area contributed by atoms with Crippen molar-refractivity contribution < 1.29 is 14.1 Å². The van der Waals surface area contributed by atoms with Crippen molar-refractivity contribution in [2.75, 3.05) is 0 Å². The molecular weight excluding hydrogens is 400 g/mol. The SMILES string of the molecule is C=C1C(=O)N=C(SCc2nc(-c3ccccc3OCc3ccccc3)no2)N=C1C. The molecule has 1 amide bonds. The third kappa shape index (κ3) is 4.55. The molecule has 2 aromatic carbocycles. The molecule has 0 fully saturated rings. The average molecular weight is 418 g/mol. The van der Waals surface area contributed by atoms with Crippen LogP contribution in [0.15, 0.2) is 81.3 Å². The lowest BCUT2D eigenvalue weighted by molar-refractivity contribution is -0.113.